The number of hydrogen-bond acceptors (Lipinski definition) is 5. The van der Waals surface area contributed by atoms with Crippen LogP contribution in [0.2, 0.25) is 0 Å². The van der Waals surface area contributed by atoms with Crippen LogP contribution in [0.4, 0.5) is 18.9 Å². The first-order valence-electron chi connectivity index (χ1n) is 16.2. The lowest BCUT2D eigenvalue weighted by Crippen LogP contribution is -2.57. The number of hydrogen-bond donors (Lipinski definition) is 3. The van der Waals surface area contributed by atoms with Gasteiger partial charge in [-0.05, 0) is 80.3 Å². The van der Waals surface area contributed by atoms with Crippen molar-refractivity contribution in [3.05, 3.63) is 125 Å². The van der Waals surface area contributed by atoms with Crippen molar-refractivity contribution in [2.24, 2.45) is 0 Å². The van der Waals surface area contributed by atoms with Crippen molar-refractivity contribution < 1.29 is 37.1 Å². The maximum Gasteiger partial charge on any atom is 0.416 e. The fourth-order valence-corrected chi connectivity index (χ4v) is 5.49. The van der Waals surface area contributed by atoms with Crippen molar-refractivity contribution in [2.45, 2.75) is 64.2 Å². The molecule has 0 fully saturated rings. The highest BCUT2D eigenvalue weighted by atomic mass is 19.4. The summed E-state index contributed by atoms with van der Waals surface area (Å²) in [4.78, 5) is 53.6. The van der Waals surface area contributed by atoms with Gasteiger partial charge < -0.3 is 20.7 Å². The summed E-state index contributed by atoms with van der Waals surface area (Å²) < 4.78 is 44.8. The average Bonchev–Trinajstić information content (AvgIpc) is 3.06. The molecule has 4 aromatic rings. The second-order valence-electron chi connectivity index (χ2n) is 12.5. The van der Waals surface area contributed by atoms with E-state index in [-0.39, 0.29) is 37.1 Å². The number of amides is 3. The number of nitrogens with one attached hydrogen (secondary N) is 3. The Bertz CT molecular complexity index is 1780. The molecule has 4 aromatic carbocycles. The molecule has 0 saturated heterocycles. The van der Waals surface area contributed by atoms with Gasteiger partial charge in [-0.3, -0.25) is 19.2 Å². The van der Waals surface area contributed by atoms with Crippen molar-refractivity contribution in [1.82, 2.24) is 10.6 Å². The van der Waals surface area contributed by atoms with E-state index in [0.717, 1.165) is 12.1 Å². The zero-order chi connectivity index (χ0) is 36.5. The van der Waals surface area contributed by atoms with Crippen LogP contribution >= 0.6 is 0 Å². The maximum absolute atomic E-state index is 13.7. The van der Waals surface area contributed by atoms with Gasteiger partial charge in [0.25, 0.3) is 5.91 Å². The number of halogens is 3. The monoisotopic (exact) mass is 687 g/mol. The van der Waals surface area contributed by atoms with E-state index in [0.29, 0.717) is 27.9 Å². The molecule has 8 nitrogen and oxygen atoms in total. The highest BCUT2D eigenvalue weighted by Crippen LogP contribution is 2.33. The van der Waals surface area contributed by atoms with Crippen molar-refractivity contribution in [1.29, 1.82) is 0 Å². The number of anilines is 1. The molecule has 0 aliphatic rings. The highest BCUT2D eigenvalue weighted by molar-refractivity contribution is 6.11. The van der Waals surface area contributed by atoms with Gasteiger partial charge in [-0.25, -0.2) is 0 Å². The van der Waals surface area contributed by atoms with Crippen LogP contribution in [0.1, 0.15) is 61.2 Å². The van der Waals surface area contributed by atoms with Gasteiger partial charge in [0.1, 0.15) is 0 Å². The molecule has 0 aliphatic carbocycles. The molecule has 0 heterocycles. The van der Waals surface area contributed by atoms with Gasteiger partial charge >= 0.3 is 12.1 Å². The molecule has 0 spiro atoms. The summed E-state index contributed by atoms with van der Waals surface area (Å²) >= 11 is 0. The van der Waals surface area contributed by atoms with E-state index in [1.807, 2.05) is 0 Å². The first-order valence-corrected chi connectivity index (χ1v) is 16.2. The molecular weight excluding hydrogens is 647 g/mol. The van der Waals surface area contributed by atoms with Gasteiger partial charge in [0, 0.05) is 29.8 Å². The maximum atomic E-state index is 13.7. The fourth-order valence-electron chi connectivity index (χ4n) is 5.49. The second kappa shape index (κ2) is 16.3. The van der Waals surface area contributed by atoms with Gasteiger partial charge in [0.15, 0.2) is 5.41 Å². The SMILES string of the molecule is CC(C)NC(=O)C(CCOC(=O)Cc1cccc(NC(=O)c2ccccc2-c2ccc(C(F)(F)F)cc2)c1)(C(=O)NC(C)C)c1ccccc1. The summed E-state index contributed by atoms with van der Waals surface area (Å²) in [7, 11) is 0. The first-order chi connectivity index (χ1) is 23.7. The Balaban J connectivity index is 1.46. The zero-order valence-corrected chi connectivity index (χ0v) is 28.3. The largest absolute Gasteiger partial charge is 0.465 e. The lowest BCUT2D eigenvalue weighted by molar-refractivity contribution is -0.147. The van der Waals surface area contributed by atoms with Crippen molar-refractivity contribution in [2.75, 3.05) is 11.9 Å². The number of rotatable bonds is 13. The van der Waals surface area contributed by atoms with Crippen LogP contribution in [-0.4, -0.2) is 42.4 Å². The summed E-state index contributed by atoms with van der Waals surface area (Å²) in [5.74, 6) is -2.10. The summed E-state index contributed by atoms with van der Waals surface area (Å²) in [6.45, 7) is 6.96. The Kier molecular flexibility index (Phi) is 12.2. The quantitative estimate of drug-likeness (QED) is 0.103. The van der Waals surface area contributed by atoms with Crippen LogP contribution in [0.5, 0.6) is 0 Å². The van der Waals surface area contributed by atoms with Crippen LogP contribution in [-0.2, 0) is 37.1 Å². The number of esters is 1. The van der Waals surface area contributed by atoms with Gasteiger partial charge in [-0.15, -0.1) is 0 Å². The highest BCUT2D eigenvalue weighted by Gasteiger charge is 2.47. The topological polar surface area (TPSA) is 114 Å². The predicted molar refractivity (Wildman–Crippen MR) is 185 cm³/mol. The normalized spacial score (nSPS) is 11.6. The standard InChI is InChI=1S/C39H40F3N3O5/c1-25(2)43-36(48)38(37(49)44-26(3)4,29-12-6-5-7-13-29)21-22-50-34(46)24-27-11-10-14-31(23-27)45-35(47)33-16-9-8-15-32(33)28-17-19-30(20-18-28)39(40,41)42/h5-20,23,25-26H,21-22,24H2,1-4H3,(H,43,48)(H,44,49)(H,45,47). The minimum Gasteiger partial charge on any atom is -0.465 e. The molecule has 11 heteroatoms. The summed E-state index contributed by atoms with van der Waals surface area (Å²) in [5, 5.41) is 8.50. The molecular formula is C39H40F3N3O5. The smallest absolute Gasteiger partial charge is 0.416 e. The van der Waals surface area contributed by atoms with Crippen LogP contribution in [0.25, 0.3) is 11.1 Å². The summed E-state index contributed by atoms with van der Waals surface area (Å²) in [5.41, 5.74) is 0.0975. The third-order valence-electron chi connectivity index (χ3n) is 7.85. The van der Waals surface area contributed by atoms with Gasteiger partial charge in [-0.2, -0.15) is 13.2 Å². The first kappa shape index (κ1) is 37.4. The third kappa shape index (κ3) is 9.37. The second-order valence-corrected chi connectivity index (χ2v) is 12.5. The molecule has 3 amide bonds. The Hall–Kier alpha value is -5.45. The van der Waals surface area contributed by atoms with Gasteiger partial charge in [0.2, 0.25) is 11.8 Å². The van der Waals surface area contributed by atoms with E-state index >= 15 is 0 Å². The van der Waals surface area contributed by atoms with E-state index in [1.54, 1.807) is 107 Å². The Morgan fingerprint density at radius 1 is 0.700 bits per heavy atom. The van der Waals surface area contributed by atoms with Crippen LogP contribution in [0.15, 0.2) is 103 Å². The average molecular weight is 688 g/mol. The van der Waals surface area contributed by atoms with E-state index in [9.17, 15) is 32.3 Å². The van der Waals surface area contributed by atoms with Gasteiger partial charge in [-0.1, -0.05) is 72.8 Å². The Morgan fingerprint density at radius 3 is 1.90 bits per heavy atom. The number of benzene rings is 4. The molecule has 50 heavy (non-hydrogen) atoms. The fraction of sp³-hybridized carbons (Fsp3) is 0.282. The van der Waals surface area contributed by atoms with Crippen LogP contribution in [0.3, 0.4) is 0 Å². The van der Waals surface area contributed by atoms with Crippen LogP contribution < -0.4 is 16.0 Å². The number of alkyl halides is 3. The van der Waals surface area contributed by atoms with Gasteiger partial charge in [0.05, 0.1) is 18.6 Å². The molecule has 262 valence electrons. The molecule has 0 unspecified atom stereocenters. The van der Waals surface area contributed by atoms with Crippen LogP contribution in [0, 0.1) is 0 Å². The Labute approximate surface area is 289 Å². The van der Waals surface area contributed by atoms with E-state index < -0.39 is 40.8 Å². The predicted octanol–water partition coefficient (Wildman–Crippen LogP) is 7.09. The molecule has 0 bridgehead atoms. The molecule has 3 N–H and O–H groups in total. The number of ether oxygens (including phenoxy) is 1. The van der Waals surface area contributed by atoms with Crippen molar-refractivity contribution >= 4 is 29.4 Å². The summed E-state index contributed by atoms with van der Waals surface area (Å²) in [6.07, 6.45) is -4.73. The molecule has 0 atom stereocenters. The molecule has 0 saturated carbocycles. The minimum atomic E-state index is -4.48. The van der Waals surface area contributed by atoms with Crippen molar-refractivity contribution in [3.8, 4) is 11.1 Å². The van der Waals surface area contributed by atoms with E-state index in [4.69, 9.17) is 4.74 Å². The number of carbonyl (C=O) groups excluding carboxylic acids is 4. The molecule has 0 aromatic heterocycles. The number of carbonyl (C=O) groups is 4. The Morgan fingerprint density at radius 2 is 1.30 bits per heavy atom. The molecule has 0 radical (unpaired) electrons. The lowest BCUT2D eigenvalue weighted by atomic mass is 9.75. The third-order valence-corrected chi connectivity index (χ3v) is 7.85. The summed E-state index contributed by atoms with van der Waals surface area (Å²) in [6, 6.07) is 25.9. The van der Waals surface area contributed by atoms with Crippen molar-refractivity contribution in [3.63, 3.8) is 0 Å². The molecule has 0 aliphatic heterocycles. The molecule has 4 rings (SSSR count). The lowest BCUT2D eigenvalue weighted by Gasteiger charge is -2.33. The zero-order valence-electron chi connectivity index (χ0n) is 28.3. The van der Waals surface area contributed by atoms with E-state index in [2.05, 4.69) is 16.0 Å². The minimum absolute atomic E-state index is 0.103. The van der Waals surface area contributed by atoms with E-state index in [1.165, 1.54) is 12.1 Å².